The number of carbonyl (C=O) groups is 1. The summed E-state index contributed by atoms with van der Waals surface area (Å²) < 4.78 is 0. The first-order valence-corrected chi connectivity index (χ1v) is 7.06. The second kappa shape index (κ2) is 6.04. The van der Waals surface area contributed by atoms with Gasteiger partial charge in [0.15, 0.2) is 0 Å². The smallest absolute Gasteiger partial charge is 0.225 e. The summed E-state index contributed by atoms with van der Waals surface area (Å²) in [6.45, 7) is 5.96. The Kier molecular flexibility index (Phi) is 4.40. The summed E-state index contributed by atoms with van der Waals surface area (Å²) in [5.41, 5.74) is 4.29. The van der Waals surface area contributed by atoms with Gasteiger partial charge in [-0.05, 0) is 46.5 Å². The number of nitrogens with one attached hydrogen (secondary N) is 2. The number of H-pyrrole nitrogens is 1. The number of hydrogen-bond acceptors (Lipinski definition) is 2. The predicted octanol–water partition coefficient (Wildman–Crippen LogP) is 2.57. The highest BCUT2D eigenvalue weighted by atomic mass is 16.1. The molecule has 0 spiro atoms. The van der Waals surface area contributed by atoms with E-state index in [-0.39, 0.29) is 11.9 Å². The molecular formula is C15H23N3O. The standard InChI is InChI=1S/C15H23N3O/c1-10(13-7-5-4-6-8-13)16-15(19)9-14-11(2)17-18-12(14)3/h7,10H,4-6,8-9H2,1-3H3,(H,16,19)(H,17,18). The quantitative estimate of drug-likeness (QED) is 0.818. The van der Waals surface area contributed by atoms with Crippen LogP contribution in [0.1, 0.15) is 49.6 Å². The van der Waals surface area contributed by atoms with Gasteiger partial charge in [-0.2, -0.15) is 5.10 Å². The van der Waals surface area contributed by atoms with Crippen molar-refractivity contribution in [3.63, 3.8) is 0 Å². The molecule has 0 bridgehead atoms. The lowest BCUT2D eigenvalue weighted by Gasteiger charge is -2.20. The predicted molar refractivity (Wildman–Crippen MR) is 75.9 cm³/mol. The number of aryl methyl sites for hydroxylation is 2. The van der Waals surface area contributed by atoms with Crippen molar-refractivity contribution < 1.29 is 4.79 Å². The van der Waals surface area contributed by atoms with Crippen molar-refractivity contribution >= 4 is 5.91 Å². The van der Waals surface area contributed by atoms with Gasteiger partial charge in [0.2, 0.25) is 5.91 Å². The van der Waals surface area contributed by atoms with Gasteiger partial charge in [-0.1, -0.05) is 11.6 Å². The molecule has 2 rings (SSSR count). The van der Waals surface area contributed by atoms with E-state index >= 15 is 0 Å². The molecule has 0 aliphatic heterocycles. The fourth-order valence-corrected chi connectivity index (χ4v) is 2.64. The van der Waals surface area contributed by atoms with Crippen LogP contribution in [0, 0.1) is 13.8 Å². The first kappa shape index (κ1) is 13.8. The molecule has 1 aliphatic rings. The summed E-state index contributed by atoms with van der Waals surface area (Å²) in [5, 5.41) is 10.1. The molecule has 1 aliphatic carbocycles. The monoisotopic (exact) mass is 261 g/mol. The fourth-order valence-electron chi connectivity index (χ4n) is 2.64. The average Bonchev–Trinajstić information content (AvgIpc) is 2.71. The number of aromatic nitrogens is 2. The van der Waals surface area contributed by atoms with Crippen molar-refractivity contribution in [2.75, 3.05) is 0 Å². The second-order valence-electron chi connectivity index (χ2n) is 5.40. The van der Waals surface area contributed by atoms with Crippen LogP contribution in [0.15, 0.2) is 11.6 Å². The molecule has 104 valence electrons. The minimum atomic E-state index is 0.0755. The van der Waals surface area contributed by atoms with E-state index in [9.17, 15) is 4.79 Å². The molecule has 1 aromatic heterocycles. The Hall–Kier alpha value is -1.58. The van der Waals surface area contributed by atoms with Gasteiger partial charge in [0.1, 0.15) is 0 Å². The number of carbonyl (C=O) groups excluding carboxylic acids is 1. The zero-order chi connectivity index (χ0) is 13.8. The lowest BCUT2D eigenvalue weighted by Crippen LogP contribution is -2.35. The van der Waals surface area contributed by atoms with Crippen LogP contribution in [0.3, 0.4) is 0 Å². The van der Waals surface area contributed by atoms with Gasteiger partial charge >= 0.3 is 0 Å². The van der Waals surface area contributed by atoms with Crippen LogP contribution in [0.5, 0.6) is 0 Å². The van der Waals surface area contributed by atoms with Crippen molar-refractivity contribution in [2.45, 2.75) is 58.9 Å². The molecule has 0 saturated heterocycles. The van der Waals surface area contributed by atoms with Crippen LogP contribution in [0.25, 0.3) is 0 Å². The largest absolute Gasteiger partial charge is 0.350 e. The van der Waals surface area contributed by atoms with Crippen molar-refractivity contribution in [3.8, 4) is 0 Å². The molecular weight excluding hydrogens is 238 g/mol. The van der Waals surface area contributed by atoms with Crippen LogP contribution >= 0.6 is 0 Å². The van der Waals surface area contributed by atoms with E-state index in [0.29, 0.717) is 6.42 Å². The maximum absolute atomic E-state index is 12.1. The topological polar surface area (TPSA) is 57.8 Å². The summed E-state index contributed by atoms with van der Waals surface area (Å²) in [4.78, 5) is 12.1. The summed E-state index contributed by atoms with van der Waals surface area (Å²) in [6.07, 6.45) is 7.47. The van der Waals surface area contributed by atoms with Crippen molar-refractivity contribution in [1.29, 1.82) is 0 Å². The van der Waals surface area contributed by atoms with Gasteiger partial charge in [-0.25, -0.2) is 0 Å². The highest BCUT2D eigenvalue weighted by molar-refractivity contribution is 5.79. The van der Waals surface area contributed by atoms with Gasteiger partial charge in [-0.15, -0.1) is 0 Å². The van der Waals surface area contributed by atoms with Gasteiger partial charge < -0.3 is 5.32 Å². The highest BCUT2D eigenvalue weighted by Gasteiger charge is 2.16. The van der Waals surface area contributed by atoms with E-state index in [4.69, 9.17) is 0 Å². The SMILES string of the molecule is Cc1n[nH]c(C)c1CC(=O)NC(C)C1=CCCCC1. The Morgan fingerprint density at radius 2 is 2.26 bits per heavy atom. The van der Waals surface area contributed by atoms with E-state index in [1.807, 2.05) is 13.8 Å². The minimum absolute atomic E-state index is 0.0755. The Morgan fingerprint density at radius 3 is 2.84 bits per heavy atom. The van der Waals surface area contributed by atoms with Gasteiger partial charge in [0, 0.05) is 17.3 Å². The van der Waals surface area contributed by atoms with Crippen LogP contribution < -0.4 is 5.32 Å². The average molecular weight is 261 g/mol. The normalized spacial score (nSPS) is 16.9. The number of allylic oxidation sites excluding steroid dienone is 1. The maximum atomic E-state index is 12.1. The third-order valence-corrected chi connectivity index (χ3v) is 3.88. The zero-order valence-electron chi connectivity index (χ0n) is 12.0. The van der Waals surface area contributed by atoms with Crippen LogP contribution in [-0.2, 0) is 11.2 Å². The summed E-state index contributed by atoms with van der Waals surface area (Å²) in [7, 11) is 0. The molecule has 1 amide bonds. The number of hydrogen-bond donors (Lipinski definition) is 2. The fraction of sp³-hybridized carbons (Fsp3) is 0.600. The summed E-state index contributed by atoms with van der Waals surface area (Å²) in [5.74, 6) is 0.0755. The maximum Gasteiger partial charge on any atom is 0.225 e. The van der Waals surface area contributed by atoms with Crippen LogP contribution in [0.4, 0.5) is 0 Å². The van der Waals surface area contributed by atoms with Crippen molar-refractivity contribution in [1.82, 2.24) is 15.5 Å². The van der Waals surface area contributed by atoms with Crippen LogP contribution in [-0.4, -0.2) is 22.1 Å². The molecule has 1 heterocycles. The second-order valence-corrected chi connectivity index (χ2v) is 5.40. The van der Waals surface area contributed by atoms with Gasteiger partial charge in [-0.3, -0.25) is 9.89 Å². The third-order valence-electron chi connectivity index (χ3n) is 3.88. The summed E-state index contributed by atoms with van der Waals surface area (Å²) >= 11 is 0. The number of aromatic amines is 1. The first-order valence-electron chi connectivity index (χ1n) is 7.06. The highest BCUT2D eigenvalue weighted by Crippen LogP contribution is 2.20. The van der Waals surface area contributed by atoms with Gasteiger partial charge in [0.25, 0.3) is 0 Å². The molecule has 0 saturated carbocycles. The number of nitrogens with zero attached hydrogens (tertiary/aromatic N) is 1. The molecule has 1 atom stereocenters. The van der Waals surface area contributed by atoms with Crippen molar-refractivity contribution in [3.05, 3.63) is 28.6 Å². The first-order chi connectivity index (χ1) is 9.08. The lowest BCUT2D eigenvalue weighted by atomic mass is 9.94. The van der Waals surface area contributed by atoms with E-state index < -0.39 is 0 Å². The molecule has 1 unspecified atom stereocenters. The molecule has 1 aromatic rings. The van der Waals surface area contributed by atoms with E-state index in [1.54, 1.807) is 0 Å². The Morgan fingerprint density at radius 1 is 1.47 bits per heavy atom. The summed E-state index contributed by atoms with van der Waals surface area (Å²) in [6, 6.07) is 0.153. The molecule has 4 nitrogen and oxygen atoms in total. The minimum Gasteiger partial charge on any atom is -0.350 e. The molecule has 0 fully saturated rings. The molecule has 2 N–H and O–H groups in total. The molecule has 0 radical (unpaired) electrons. The Balaban J connectivity index is 1.92. The molecule has 4 heteroatoms. The van der Waals surface area contributed by atoms with Gasteiger partial charge in [0.05, 0.1) is 12.1 Å². The number of rotatable bonds is 4. The lowest BCUT2D eigenvalue weighted by molar-refractivity contribution is -0.120. The molecule has 0 aromatic carbocycles. The number of amides is 1. The van der Waals surface area contributed by atoms with E-state index in [1.165, 1.54) is 18.4 Å². The zero-order valence-corrected chi connectivity index (χ0v) is 12.0. The van der Waals surface area contributed by atoms with E-state index in [0.717, 1.165) is 29.8 Å². The van der Waals surface area contributed by atoms with E-state index in [2.05, 4.69) is 28.5 Å². The Bertz CT molecular complexity index is 468. The Labute approximate surface area is 114 Å². The van der Waals surface area contributed by atoms with Crippen molar-refractivity contribution in [2.24, 2.45) is 0 Å². The van der Waals surface area contributed by atoms with Crippen LogP contribution in [0.2, 0.25) is 0 Å². The molecule has 19 heavy (non-hydrogen) atoms. The third kappa shape index (κ3) is 3.46.